The molecule has 3 nitrogen and oxygen atoms in total. The Balaban J connectivity index is 3.01. The van der Waals surface area contributed by atoms with E-state index in [0.29, 0.717) is 11.1 Å². The Labute approximate surface area is 96.9 Å². The van der Waals surface area contributed by atoms with E-state index >= 15 is 0 Å². The van der Waals surface area contributed by atoms with Crippen molar-refractivity contribution < 1.29 is 9.90 Å². The fourth-order valence-corrected chi connectivity index (χ4v) is 1.52. The summed E-state index contributed by atoms with van der Waals surface area (Å²) in [6.07, 6.45) is 3.68. The number of carbonyl (C=O) groups is 1. The number of hydrogen-bond donors (Lipinski definition) is 2. The van der Waals surface area contributed by atoms with Gasteiger partial charge in [0, 0.05) is 11.0 Å². The van der Waals surface area contributed by atoms with Gasteiger partial charge in [0.1, 0.15) is 0 Å². The first-order valence-electron chi connectivity index (χ1n) is 4.49. The first-order chi connectivity index (χ1) is 7.15. The fraction of sp³-hybridized carbons (Fsp3) is 0.182. The number of hydrogen-bond acceptors (Lipinski definition) is 2. The summed E-state index contributed by atoms with van der Waals surface area (Å²) < 4.78 is 0.769. The van der Waals surface area contributed by atoms with Crippen molar-refractivity contribution in [3.05, 3.63) is 39.9 Å². The first-order valence-corrected chi connectivity index (χ1v) is 5.28. The van der Waals surface area contributed by atoms with E-state index in [1.165, 1.54) is 0 Å². The normalized spacial score (nSPS) is 10.8. The van der Waals surface area contributed by atoms with Crippen LogP contribution in [0.15, 0.2) is 28.7 Å². The van der Waals surface area contributed by atoms with Crippen molar-refractivity contribution in [2.24, 2.45) is 0 Å². The Kier molecular flexibility index (Phi) is 4.52. The number of likely N-dealkylation sites (N-methyl/N-ethyl adjacent to an activating group) is 1. The molecule has 0 aliphatic carbocycles. The van der Waals surface area contributed by atoms with Crippen LogP contribution >= 0.6 is 15.9 Å². The molecule has 15 heavy (non-hydrogen) atoms. The zero-order valence-corrected chi connectivity index (χ0v) is 9.91. The number of rotatable bonds is 4. The summed E-state index contributed by atoms with van der Waals surface area (Å²) in [5.41, 5.74) is 1.01. The second-order valence-corrected chi connectivity index (χ2v) is 3.91. The fourth-order valence-electron chi connectivity index (χ4n) is 1.16. The van der Waals surface area contributed by atoms with Crippen molar-refractivity contribution >= 4 is 28.0 Å². The molecule has 0 bridgehead atoms. The van der Waals surface area contributed by atoms with Crippen molar-refractivity contribution in [3.8, 4) is 0 Å². The third-order valence-corrected chi connectivity index (χ3v) is 2.36. The number of carboxylic acids is 1. The highest BCUT2D eigenvalue weighted by molar-refractivity contribution is 9.10. The third-order valence-electron chi connectivity index (χ3n) is 1.87. The lowest BCUT2D eigenvalue weighted by Gasteiger charge is -2.01. The van der Waals surface area contributed by atoms with Gasteiger partial charge in [0.05, 0.1) is 5.56 Å². The van der Waals surface area contributed by atoms with Gasteiger partial charge in [-0.3, -0.25) is 0 Å². The smallest absolute Gasteiger partial charge is 0.336 e. The van der Waals surface area contributed by atoms with Gasteiger partial charge in [0.2, 0.25) is 0 Å². The number of aromatic carboxylic acids is 1. The van der Waals surface area contributed by atoms with E-state index in [0.717, 1.165) is 11.0 Å². The maximum absolute atomic E-state index is 10.9. The van der Waals surface area contributed by atoms with Gasteiger partial charge in [-0.2, -0.15) is 0 Å². The Morgan fingerprint density at radius 3 is 2.93 bits per heavy atom. The van der Waals surface area contributed by atoms with Crippen LogP contribution < -0.4 is 5.32 Å². The summed E-state index contributed by atoms with van der Waals surface area (Å²) in [5, 5.41) is 11.9. The van der Waals surface area contributed by atoms with Gasteiger partial charge in [-0.1, -0.05) is 34.1 Å². The number of nitrogens with one attached hydrogen (secondary N) is 1. The molecule has 0 heterocycles. The molecule has 0 radical (unpaired) electrons. The van der Waals surface area contributed by atoms with Crippen molar-refractivity contribution in [2.75, 3.05) is 13.6 Å². The number of carboxylic acid groups (broad SMARTS) is 1. The molecule has 2 N–H and O–H groups in total. The van der Waals surface area contributed by atoms with Gasteiger partial charge >= 0.3 is 5.97 Å². The molecule has 0 fully saturated rings. The Bertz CT molecular complexity index is 388. The lowest BCUT2D eigenvalue weighted by molar-refractivity contribution is 0.0696. The molecule has 0 aliphatic heterocycles. The molecular formula is C11H12BrNO2. The molecule has 0 amide bonds. The molecular weight excluding hydrogens is 258 g/mol. The van der Waals surface area contributed by atoms with E-state index in [2.05, 4.69) is 21.2 Å². The average molecular weight is 270 g/mol. The van der Waals surface area contributed by atoms with E-state index < -0.39 is 5.97 Å². The van der Waals surface area contributed by atoms with E-state index in [9.17, 15) is 4.79 Å². The zero-order valence-electron chi connectivity index (χ0n) is 8.33. The van der Waals surface area contributed by atoms with Gasteiger partial charge in [0.15, 0.2) is 0 Å². The van der Waals surface area contributed by atoms with Crippen LogP contribution in [-0.4, -0.2) is 24.7 Å². The Hall–Kier alpha value is -1.13. The zero-order chi connectivity index (χ0) is 11.3. The highest BCUT2D eigenvalue weighted by Crippen LogP contribution is 2.17. The highest BCUT2D eigenvalue weighted by Gasteiger charge is 2.07. The van der Waals surface area contributed by atoms with E-state index in [1.807, 2.05) is 19.2 Å². The van der Waals surface area contributed by atoms with Crippen LogP contribution in [0.3, 0.4) is 0 Å². The molecule has 1 rings (SSSR count). The topological polar surface area (TPSA) is 49.3 Å². The predicted molar refractivity (Wildman–Crippen MR) is 64.1 cm³/mol. The monoisotopic (exact) mass is 269 g/mol. The summed E-state index contributed by atoms with van der Waals surface area (Å²) in [6.45, 7) is 0.717. The quantitative estimate of drug-likeness (QED) is 0.883. The van der Waals surface area contributed by atoms with Gasteiger partial charge in [-0.05, 0) is 24.7 Å². The molecule has 0 aliphatic rings. The largest absolute Gasteiger partial charge is 0.478 e. The second kappa shape index (κ2) is 5.68. The molecule has 0 saturated carbocycles. The molecule has 0 saturated heterocycles. The van der Waals surface area contributed by atoms with E-state index in [-0.39, 0.29) is 0 Å². The van der Waals surface area contributed by atoms with Gasteiger partial charge < -0.3 is 10.4 Å². The number of halogens is 1. The third kappa shape index (κ3) is 3.49. The summed E-state index contributed by atoms with van der Waals surface area (Å²) >= 11 is 3.25. The highest BCUT2D eigenvalue weighted by atomic mass is 79.9. The van der Waals surface area contributed by atoms with Crippen LogP contribution in [0.2, 0.25) is 0 Å². The van der Waals surface area contributed by atoms with Crippen LogP contribution in [-0.2, 0) is 0 Å². The number of benzene rings is 1. The lowest BCUT2D eigenvalue weighted by atomic mass is 10.1. The van der Waals surface area contributed by atoms with Crippen molar-refractivity contribution in [1.82, 2.24) is 5.32 Å². The van der Waals surface area contributed by atoms with Gasteiger partial charge in [-0.25, -0.2) is 4.79 Å². The van der Waals surface area contributed by atoms with Gasteiger partial charge in [0.25, 0.3) is 0 Å². The standard InChI is InChI=1S/C11H12BrNO2/c1-13-6-2-3-8-4-5-9(12)7-10(8)11(14)15/h2-5,7,13H,6H2,1H3,(H,14,15). The van der Waals surface area contributed by atoms with Crippen molar-refractivity contribution in [2.45, 2.75) is 0 Å². The van der Waals surface area contributed by atoms with Crippen LogP contribution in [0.25, 0.3) is 6.08 Å². The molecule has 4 heteroatoms. The molecule has 1 aromatic carbocycles. The van der Waals surface area contributed by atoms with Crippen molar-refractivity contribution in [1.29, 1.82) is 0 Å². The summed E-state index contributed by atoms with van der Waals surface area (Å²) in [5.74, 6) is -0.916. The van der Waals surface area contributed by atoms with Crippen molar-refractivity contribution in [3.63, 3.8) is 0 Å². The Morgan fingerprint density at radius 2 is 2.33 bits per heavy atom. The van der Waals surface area contributed by atoms with Crippen LogP contribution in [0, 0.1) is 0 Å². The van der Waals surface area contributed by atoms with Crippen LogP contribution in [0.5, 0.6) is 0 Å². The summed E-state index contributed by atoms with van der Waals surface area (Å²) in [7, 11) is 1.84. The first kappa shape index (κ1) is 11.9. The second-order valence-electron chi connectivity index (χ2n) is 3.00. The van der Waals surface area contributed by atoms with E-state index in [1.54, 1.807) is 18.2 Å². The minimum absolute atomic E-state index is 0.303. The van der Waals surface area contributed by atoms with Crippen LogP contribution in [0.4, 0.5) is 0 Å². The molecule has 0 atom stereocenters. The average Bonchev–Trinajstić information content (AvgIpc) is 2.20. The lowest BCUT2D eigenvalue weighted by Crippen LogP contribution is -2.04. The maximum Gasteiger partial charge on any atom is 0.336 e. The minimum Gasteiger partial charge on any atom is -0.478 e. The Morgan fingerprint density at radius 1 is 1.60 bits per heavy atom. The summed E-state index contributed by atoms with van der Waals surface area (Å²) in [6, 6.07) is 5.20. The molecule has 0 unspecified atom stereocenters. The van der Waals surface area contributed by atoms with Gasteiger partial charge in [-0.15, -0.1) is 0 Å². The molecule has 0 aromatic heterocycles. The molecule has 0 spiro atoms. The molecule has 80 valence electrons. The SMILES string of the molecule is CNCC=Cc1ccc(Br)cc1C(=O)O. The summed E-state index contributed by atoms with van der Waals surface area (Å²) in [4.78, 5) is 10.9. The van der Waals surface area contributed by atoms with Crippen LogP contribution in [0.1, 0.15) is 15.9 Å². The molecule has 1 aromatic rings. The van der Waals surface area contributed by atoms with E-state index in [4.69, 9.17) is 5.11 Å². The minimum atomic E-state index is -0.916. The predicted octanol–water partition coefficient (Wildman–Crippen LogP) is 2.38. The maximum atomic E-state index is 10.9.